The maximum absolute atomic E-state index is 10.9. The Morgan fingerprint density at radius 1 is 0.926 bits per heavy atom. The van der Waals surface area contributed by atoms with Gasteiger partial charge < -0.3 is 24.4 Å². The van der Waals surface area contributed by atoms with E-state index in [2.05, 4.69) is 9.97 Å². The van der Waals surface area contributed by atoms with Crippen LogP contribution in [0.1, 0.15) is 34.8 Å². The van der Waals surface area contributed by atoms with E-state index in [1.807, 2.05) is 0 Å². The summed E-state index contributed by atoms with van der Waals surface area (Å²) >= 11 is 0. The third-order valence-corrected chi connectivity index (χ3v) is 2.98. The standard InChI is InChI=1S/C9H9NO5.C8H9NO3/c1-5(11)15-8-6(14-2)3-4-10-7(8)9(12)13;1-5(10)7-8(11)6(12-2)3-4-9-7/h3-4H,1-2H3,(H,12,13);3-4,11H,1-2H3. The number of Topliss-reactive ketones (excluding diaryl/α,β-unsaturated/α-hetero) is 1. The molecule has 2 aromatic heterocycles. The number of carbonyl (C=O) groups excluding carboxylic acids is 2. The lowest BCUT2D eigenvalue weighted by Gasteiger charge is -2.08. The number of ketones is 1. The molecule has 0 saturated carbocycles. The first kappa shape index (κ1) is 21.4. The number of esters is 1. The Bertz CT molecular complexity index is 851. The number of pyridine rings is 2. The molecule has 10 nitrogen and oxygen atoms in total. The van der Waals surface area contributed by atoms with Crippen LogP contribution in [0.5, 0.6) is 23.0 Å². The number of ether oxygens (including phenoxy) is 3. The van der Waals surface area contributed by atoms with Crippen molar-refractivity contribution in [3.63, 3.8) is 0 Å². The molecule has 144 valence electrons. The number of carboxylic acids is 1. The van der Waals surface area contributed by atoms with E-state index in [-0.39, 0.29) is 40.2 Å². The zero-order valence-electron chi connectivity index (χ0n) is 15.0. The third-order valence-electron chi connectivity index (χ3n) is 2.98. The predicted molar refractivity (Wildman–Crippen MR) is 91.5 cm³/mol. The Kier molecular flexibility index (Phi) is 7.68. The molecule has 2 N–H and O–H groups in total. The van der Waals surface area contributed by atoms with Crippen LogP contribution in [0.4, 0.5) is 0 Å². The number of methoxy groups -OCH3 is 2. The van der Waals surface area contributed by atoms with Gasteiger partial charge in [0.25, 0.3) is 0 Å². The molecule has 0 aliphatic carbocycles. The Hall–Kier alpha value is -3.69. The summed E-state index contributed by atoms with van der Waals surface area (Å²) in [4.78, 5) is 39.7. The van der Waals surface area contributed by atoms with Crippen LogP contribution in [0.25, 0.3) is 0 Å². The van der Waals surface area contributed by atoms with Crippen molar-refractivity contribution in [2.24, 2.45) is 0 Å². The molecule has 0 saturated heterocycles. The van der Waals surface area contributed by atoms with Crippen LogP contribution in [0.15, 0.2) is 24.5 Å². The summed E-state index contributed by atoms with van der Waals surface area (Å²) < 4.78 is 14.4. The second-order valence-corrected chi connectivity index (χ2v) is 4.86. The van der Waals surface area contributed by atoms with Gasteiger partial charge in [0.05, 0.1) is 14.2 Å². The number of aromatic carboxylic acids is 1. The van der Waals surface area contributed by atoms with E-state index >= 15 is 0 Å². The highest BCUT2D eigenvalue weighted by Crippen LogP contribution is 2.29. The molecule has 0 aliphatic heterocycles. The topological polar surface area (TPSA) is 145 Å². The normalized spacial score (nSPS) is 9.48. The van der Waals surface area contributed by atoms with Gasteiger partial charge in [0.1, 0.15) is 0 Å². The van der Waals surface area contributed by atoms with Crippen molar-refractivity contribution in [2.75, 3.05) is 14.2 Å². The van der Waals surface area contributed by atoms with E-state index in [9.17, 15) is 19.5 Å². The highest BCUT2D eigenvalue weighted by Gasteiger charge is 2.19. The fourth-order valence-electron chi connectivity index (χ4n) is 1.84. The van der Waals surface area contributed by atoms with E-state index in [1.165, 1.54) is 45.7 Å². The maximum Gasteiger partial charge on any atom is 0.358 e. The maximum atomic E-state index is 10.9. The lowest BCUT2D eigenvalue weighted by Crippen LogP contribution is -2.10. The van der Waals surface area contributed by atoms with E-state index < -0.39 is 11.9 Å². The highest BCUT2D eigenvalue weighted by atomic mass is 16.6. The lowest BCUT2D eigenvalue weighted by atomic mass is 10.2. The Labute approximate surface area is 154 Å². The monoisotopic (exact) mass is 378 g/mol. The second-order valence-electron chi connectivity index (χ2n) is 4.86. The molecule has 10 heteroatoms. The SMILES string of the molecule is COc1ccnc(C(=O)O)c1OC(C)=O.COc1ccnc(C(C)=O)c1O. The summed E-state index contributed by atoms with van der Waals surface area (Å²) in [7, 11) is 2.76. The highest BCUT2D eigenvalue weighted by molar-refractivity contribution is 5.95. The fourth-order valence-corrected chi connectivity index (χ4v) is 1.84. The Balaban J connectivity index is 0.000000277. The van der Waals surface area contributed by atoms with E-state index in [4.69, 9.17) is 19.3 Å². The predicted octanol–water partition coefficient (Wildman–Crippen LogP) is 1.71. The molecule has 0 unspecified atom stereocenters. The molecule has 0 bridgehead atoms. The van der Waals surface area contributed by atoms with Gasteiger partial charge in [0.2, 0.25) is 5.75 Å². The molecule has 0 atom stereocenters. The second kappa shape index (κ2) is 9.70. The largest absolute Gasteiger partial charge is 0.503 e. The molecule has 0 amide bonds. The number of rotatable bonds is 5. The van der Waals surface area contributed by atoms with Gasteiger partial charge in [-0.3, -0.25) is 9.59 Å². The minimum atomic E-state index is -1.29. The third kappa shape index (κ3) is 5.66. The number of carbonyl (C=O) groups is 3. The van der Waals surface area contributed by atoms with Crippen LogP contribution in [-0.2, 0) is 4.79 Å². The molecule has 0 radical (unpaired) electrons. The number of hydrogen-bond donors (Lipinski definition) is 2. The molecular formula is C17H18N2O8. The first-order valence-corrected chi connectivity index (χ1v) is 7.40. The summed E-state index contributed by atoms with van der Waals surface area (Å²) in [6.07, 6.45) is 2.67. The number of aromatic nitrogens is 2. The number of hydrogen-bond acceptors (Lipinski definition) is 9. The molecule has 0 fully saturated rings. The molecule has 2 heterocycles. The van der Waals surface area contributed by atoms with E-state index in [0.29, 0.717) is 0 Å². The molecular weight excluding hydrogens is 360 g/mol. The summed E-state index contributed by atoms with van der Waals surface area (Å²) in [5, 5.41) is 18.1. The van der Waals surface area contributed by atoms with Gasteiger partial charge in [-0.1, -0.05) is 0 Å². The number of aromatic hydroxyl groups is 1. The van der Waals surface area contributed by atoms with Gasteiger partial charge in [0.15, 0.2) is 34.4 Å². The quantitative estimate of drug-likeness (QED) is 0.582. The Morgan fingerprint density at radius 2 is 1.44 bits per heavy atom. The van der Waals surface area contributed by atoms with Gasteiger partial charge in [-0.2, -0.15) is 0 Å². The summed E-state index contributed by atoms with van der Waals surface area (Å²) in [5.41, 5.74) is -0.320. The average molecular weight is 378 g/mol. The van der Waals surface area contributed by atoms with Crippen LogP contribution < -0.4 is 14.2 Å². The fraction of sp³-hybridized carbons (Fsp3) is 0.235. The van der Waals surface area contributed by atoms with E-state index in [1.54, 1.807) is 0 Å². The van der Waals surface area contributed by atoms with Crippen molar-refractivity contribution in [3.05, 3.63) is 35.9 Å². The summed E-state index contributed by atoms with van der Waals surface area (Å²) in [6, 6.07) is 2.90. The molecule has 2 rings (SSSR count). The molecule has 0 spiro atoms. The molecule has 2 aromatic rings. The zero-order valence-corrected chi connectivity index (χ0v) is 15.0. The minimum absolute atomic E-state index is 0.0364. The van der Waals surface area contributed by atoms with E-state index in [0.717, 1.165) is 6.92 Å². The van der Waals surface area contributed by atoms with Crippen molar-refractivity contribution >= 4 is 17.7 Å². The van der Waals surface area contributed by atoms with Gasteiger partial charge in [-0.05, 0) is 0 Å². The number of nitrogens with zero attached hydrogens (tertiary/aromatic N) is 2. The van der Waals surface area contributed by atoms with Crippen molar-refractivity contribution in [1.82, 2.24) is 9.97 Å². The smallest absolute Gasteiger partial charge is 0.358 e. The zero-order chi connectivity index (χ0) is 20.6. The van der Waals surface area contributed by atoms with Gasteiger partial charge in [0, 0.05) is 38.4 Å². The molecule has 0 aromatic carbocycles. The molecule has 0 aliphatic rings. The first-order chi connectivity index (χ1) is 12.7. The van der Waals surface area contributed by atoms with Gasteiger partial charge in [-0.25, -0.2) is 14.8 Å². The summed E-state index contributed by atoms with van der Waals surface area (Å²) in [5.74, 6) is -2.18. The lowest BCUT2D eigenvalue weighted by molar-refractivity contribution is -0.132. The first-order valence-electron chi connectivity index (χ1n) is 7.40. The van der Waals surface area contributed by atoms with Crippen molar-refractivity contribution in [2.45, 2.75) is 13.8 Å². The summed E-state index contributed by atoms with van der Waals surface area (Å²) in [6.45, 7) is 2.50. The van der Waals surface area contributed by atoms with Crippen LogP contribution in [0, 0.1) is 0 Å². The Morgan fingerprint density at radius 3 is 1.89 bits per heavy atom. The van der Waals surface area contributed by atoms with Crippen LogP contribution in [-0.4, -0.2) is 52.1 Å². The minimum Gasteiger partial charge on any atom is -0.503 e. The van der Waals surface area contributed by atoms with Crippen molar-refractivity contribution < 1.29 is 38.8 Å². The van der Waals surface area contributed by atoms with Gasteiger partial charge >= 0.3 is 11.9 Å². The van der Waals surface area contributed by atoms with Crippen LogP contribution in [0.2, 0.25) is 0 Å². The van der Waals surface area contributed by atoms with Crippen LogP contribution in [0.3, 0.4) is 0 Å². The number of carboxylic acid groups (broad SMARTS) is 1. The van der Waals surface area contributed by atoms with Crippen molar-refractivity contribution in [3.8, 4) is 23.0 Å². The average Bonchev–Trinajstić information content (AvgIpc) is 2.61. The van der Waals surface area contributed by atoms with Crippen molar-refractivity contribution in [1.29, 1.82) is 0 Å². The van der Waals surface area contributed by atoms with Crippen LogP contribution >= 0.6 is 0 Å². The molecule has 27 heavy (non-hydrogen) atoms. The van der Waals surface area contributed by atoms with Gasteiger partial charge in [-0.15, -0.1) is 0 Å².